The summed E-state index contributed by atoms with van der Waals surface area (Å²) in [6, 6.07) is 7.42. The zero-order valence-corrected chi connectivity index (χ0v) is 15.9. The van der Waals surface area contributed by atoms with Gasteiger partial charge in [0.15, 0.2) is 5.78 Å². The van der Waals surface area contributed by atoms with E-state index in [1.807, 2.05) is 30.3 Å². The van der Waals surface area contributed by atoms with E-state index in [0.717, 1.165) is 5.56 Å². The maximum Gasteiger partial charge on any atom is 0.243 e. The summed E-state index contributed by atoms with van der Waals surface area (Å²) in [5.41, 5.74) is 0.888. The van der Waals surface area contributed by atoms with Crippen LogP contribution in [0.1, 0.15) is 31.7 Å². The van der Waals surface area contributed by atoms with Crippen molar-refractivity contribution in [2.24, 2.45) is 0 Å². The van der Waals surface area contributed by atoms with Gasteiger partial charge >= 0.3 is 0 Å². The Bertz CT molecular complexity index is 718. The van der Waals surface area contributed by atoms with Crippen LogP contribution in [0.25, 0.3) is 0 Å². The molecule has 1 aromatic rings. The van der Waals surface area contributed by atoms with E-state index >= 15 is 0 Å². The fourth-order valence-electron chi connectivity index (χ4n) is 2.45. The molecule has 0 saturated carbocycles. The largest absolute Gasteiger partial charge is 0.350 e. The quantitative estimate of drug-likeness (QED) is 0.314. The molecule has 0 aromatic heterocycles. The van der Waals surface area contributed by atoms with E-state index in [0.29, 0.717) is 6.21 Å². The molecule has 0 radical (unpaired) electrons. The van der Waals surface area contributed by atoms with E-state index in [-0.39, 0.29) is 31.7 Å². The summed E-state index contributed by atoms with van der Waals surface area (Å²) in [5.74, 6) is -1.82. The number of benzene rings is 1. The smallest absolute Gasteiger partial charge is 0.243 e. The van der Waals surface area contributed by atoms with Crippen LogP contribution >= 0.6 is 0 Å². The maximum absolute atomic E-state index is 12.6. The van der Waals surface area contributed by atoms with E-state index in [1.54, 1.807) is 0 Å². The van der Waals surface area contributed by atoms with Crippen LogP contribution in [0, 0.1) is 5.41 Å². The SMILES string of the molecule is C=CC[C@H](NC(C)=O)C(=O)N[C@@H](CCC(=O)C=N)C(=O)NCc1ccccc1. The van der Waals surface area contributed by atoms with Gasteiger partial charge in [-0.3, -0.25) is 19.2 Å². The third kappa shape index (κ3) is 8.39. The number of carbonyl (C=O) groups excluding carboxylic acids is 4. The van der Waals surface area contributed by atoms with Gasteiger partial charge in [-0.15, -0.1) is 6.58 Å². The van der Waals surface area contributed by atoms with Gasteiger partial charge in [0.25, 0.3) is 0 Å². The van der Waals surface area contributed by atoms with Gasteiger partial charge in [-0.05, 0) is 18.4 Å². The highest BCUT2D eigenvalue weighted by Gasteiger charge is 2.25. The number of ketones is 1. The van der Waals surface area contributed by atoms with Crippen LogP contribution in [0.15, 0.2) is 43.0 Å². The summed E-state index contributed by atoms with van der Waals surface area (Å²) in [6.45, 7) is 5.12. The second-order valence-electron chi connectivity index (χ2n) is 6.19. The number of rotatable bonds is 12. The van der Waals surface area contributed by atoms with Gasteiger partial charge in [-0.1, -0.05) is 36.4 Å². The van der Waals surface area contributed by atoms with Gasteiger partial charge < -0.3 is 21.4 Å². The summed E-state index contributed by atoms with van der Waals surface area (Å²) in [5, 5.41) is 14.8. The lowest BCUT2D eigenvalue weighted by Gasteiger charge is -2.22. The average Bonchev–Trinajstić information content (AvgIpc) is 2.68. The Labute approximate surface area is 164 Å². The van der Waals surface area contributed by atoms with Gasteiger partial charge in [0.05, 0.1) is 6.21 Å². The molecule has 2 atom stereocenters. The third-order valence-corrected chi connectivity index (χ3v) is 3.88. The molecule has 8 heteroatoms. The summed E-state index contributed by atoms with van der Waals surface area (Å²) < 4.78 is 0. The fourth-order valence-corrected chi connectivity index (χ4v) is 2.45. The van der Waals surface area contributed by atoms with Gasteiger partial charge in [0.1, 0.15) is 12.1 Å². The average molecular weight is 386 g/mol. The summed E-state index contributed by atoms with van der Waals surface area (Å²) >= 11 is 0. The Morgan fingerprint density at radius 3 is 2.32 bits per heavy atom. The predicted octanol–water partition coefficient (Wildman–Crippen LogP) is 0.867. The molecular weight excluding hydrogens is 360 g/mol. The highest BCUT2D eigenvalue weighted by molar-refractivity contribution is 6.26. The molecule has 0 heterocycles. The lowest BCUT2D eigenvalue weighted by atomic mass is 10.1. The molecule has 28 heavy (non-hydrogen) atoms. The maximum atomic E-state index is 12.6. The number of amides is 3. The Hall–Kier alpha value is -3.29. The first-order valence-electron chi connectivity index (χ1n) is 8.90. The molecule has 0 spiro atoms. The first-order valence-corrected chi connectivity index (χ1v) is 8.90. The molecule has 0 saturated heterocycles. The predicted molar refractivity (Wildman–Crippen MR) is 106 cm³/mol. The summed E-state index contributed by atoms with van der Waals surface area (Å²) in [7, 11) is 0. The zero-order chi connectivity index (χ0) is 20.9. The van der Waals surface area contributed by atoms with Crippen LogP contribution in [0.3, 0.4) is 0 Å². The summed E-state index contributed by atoms with van der Waals surface area (Å²) in [4.78, 5) is 47.8. The fraction of sp³-hybridized carbons (Fsp3) is 0.350. The Morgan fingerprint density at radius 2 is 1.75 bits per heavy atom. The molecule has 0 unspecified atom stereocenters. The number of hydrogen-bond acceptors (Lipinski definition) is 5. The molecule has 3 amide bonds. The molecule has 8 nitrogen and oxygen atoms in total. The number of nitrogens with one attached hydrogen (secondary N) is 4. The minimum Gasteiger partial charge on any atom is -0.350 e. The molecule has 1 aromatic carbocycles. The summed E-state index contributed by atoms with van der Waals surface area (Å²) in [6.07, 6.45) is 2.35. The van der Waals surface area contributed by atoms with Crippen molar-refractivity contribution in [3.05, 3.63) is 48.6 Å². The second kappa shape index (κ2) is 12.2. The van der Waals surface area contributed by atoms with Crippen LogP contribution in [0.5, 0.6) is 0 Å². The second-order valence-corrected chi connectivity index (χ2v) is 6.19. The third-order valence-electron chi connectivity index (χ3n) is 3.88. The monoisotopic (exact) mass is 386 g/mol. The van der Waals surface area contributed by atoms with Crippen LogP contribution in [-0.4, -0.2) is 41.8 Å². The number of Topliss-reactive ketones (excluding diaryl/α,β-unsaturated/α-hetero) is 1. The van der Waals surface area contributed by atoms with Crippen molar-refractivity contribution in [3.8, 4) is 0 Å². The van der Waals surface area contributed by atoms with Crippen molar-refractivity contribution in [3.63, 3.8) is 0 Å². The molecule has 0 fully saturated rings. The van der Waals surface area contributed by atoms with E-state index in [9.17, 15) is 19.2 Å². The van der Waals surface area contributed by atoms with E-state index in [1.165, 1.54) is 13.0 Å². The molecule has 1 rings (SSSR count). The molecule has 0 bridgehead atoms. The number of carbonyl (C=O) groups is 4. The molecule has 0 aliphatic heterocycles. The standard InChI is InChI=1S/C20H26N4O4/c1-3-7-17(23-14(2)25)20(28)24-18(11-10-16(26)12-21)19(27)22-13-15-8-5-4-6-9-15/h3-6,8-9,12,17-18,21H,1,7,10-11,13H2,2H3,(H,22,27)(H,23,25)(H,24,28)/t17-,18-/m0/s1. The van der Waals surface area contributed by atoms with Crippen LogP contribution in [0.4, 0.5) is 0 Å². The van der Waals surface area contributed by atoms with Crippen LogP contribution in [-0.2, 0) is 25.7 Å². The first kappa shape index (κ1) is 22.8. The van der Waals surface area contributed by atoms with Crippen molar-refractivity contribution in [1.82, 2.24) is 16.0 Å². The van der Waals surface area contributed by atoms with Crippen molar-refractivity contribution in [1.29, 1.82) is 5.41 Å². The Kier molecular flexibility index (Phi) is 9.88. The highest BCUT2D eigenvalue weighted by Crippen LogP contribution is 2.03. The van der Waals surface area contributed by atoms with Gasteiger partial charge in [-0.25, -0.2) is 0 Å². The number of hydrogen-bond donors (Lipinski definition) is 4. The van der Waals surface area contributed by atoms with E-state index in [4.69, 9.17) is 5.41 Å². The van der Waals surface area contributed by atoms with Crippen LogP contribution < -0.4 is 16.0 Å². The van der Waals surface area contributed by atoms with Gasteiger partial charge in [-0.2, -0.15) is 0 Å². The van der Waals surface area contributed by atoms with E-state index in [2.05, 4.69) is 22.5 Å². The molecule has 0 aliphatic rings. The lowest BCUT2D eigenvalue weighted by molar-refractivity contribution is -0.132. The van der Waals surface area contributed by atoms with E-state index < -0.39 is 29.7 Å². The van der Waals surface area contributed by atoms with Gasteiger partial charge in [0.2, 0.25) is 17.7 Å². The zero-order valence-electron chi connectivity index (χ0n) is 15.9. The minimum absolute atomic E-state index is 0.0431. The molecule has 150 valence electrons. The lowest BCUT2D eigenvalue weighted by Crippen LogP contribution is -2.53. The highest BCUT2D eigenvalue weighted by atomic mass is 16.2. The van der Waals surface area contributed by atoms with Crippen molar-refractivity contribution in [2.45, 2.75) is 44.8 Å². The Morgan fingerprint density at radius 1 is 1.07 bits per heavy atom. The molecule has 0 aliphatic carbocycles. The van der Waals surface area contributed by atoms with Gasteiger partial charge in [0, 0.05) is 19.9 Å². The molecular formula is C20H26N4O4. The van der Waals surface area contributed by atoms with Crippen molar-refractivity contribution in [2.75, 3.05) is 0 Å². The van der Waals surface area contributed by atoms with Crippen LogP contribution in [0.2, 0.25) is 0 Å². The van der Waals surface area contributed by atoms with Crippen molar-refractivity contribution < 1.29 is 19.2 Å². The minimum atomic E-state index is -0.971. The topological polar surface area (TPSA) is 128 Å². The Balaban J connectivity index is 2.80. The molecule has 4 N–H and O–H groups in total. The van der Waals surface area contributed by atoms with Crippen molar-refractivity contribution >= 4 is 29.7 Å². The first-order chi connectivity index (χ1) is 13.4. The normalized spacial score (nSPS) is 12.2.